The van der Waals surface area contributed by atoms with Crippen LogP contribution in [0.5, 0.6) is 11.6 Å². The summed E-state index contributed by atoms with van der Waals surface area (Å²) in [6, 6.07) is 8.27. The van der Waals surface area contributed by atoms with Gasteiger partial charge in [0.2, 0.25) is 5.88 Å². The number of rotatable bonds is 2. The quantitative estimate of drug-likeness (QED) is 0.590. The minimum absolute atomic E-state index is 0.130. The highest BCUT2D eigenvalue weighted by atomic mass is 16.5. The van der Waals surface area contributed by atoms with Gasteiger partial charge in [-0.25, -0.2) is 9.67 Å². The second-order valence-electron chi connectivity index (χ2n) is 5.06. The summed E-state index contributed by atoms with van der Waals surface area (Å²) in [4.78, 5) is 20.9. The highest BCUT2D eigenvalue weighted by Gasteiger charge is 2.12. The SMILES string of the molecule is COc1ccc(-n2[nH]c3c(cnc4cc(O)ccc43)c2=O)cn1. The zero-order valence-corrected chi connectivity index (χ0v) is 12.1. The van der Waals surface area contributed by atoms with E-state index in [1.54, 1.807) is 36.5 Å². The number of methoxy groups -OCH3 is 1. The van der Waals surface area contributed by atoms with E-state index in [1.807, 2.05) is 0 Å². The molecule has 0 atom stereocenters. The minimum atomic E-state index is -0.213. The van der Waals surface area contributed by atoms with Crippen molar-refractivity contribution in [2.75, 3.05) is 7.11 Å². The number of fused-ring (bicyclic) bond motifs is 3. The van der Waals surface area contributed by atoms with Crippen LogP contribution < -0.4 is 10.3 Å². The maximum Gasteiger partial charge on any atom is 0.280 e. The predicted octanol–water partition coefficient (Wildman–Crippen LogP) is 1.98. The smallest absolute Gasteiger partial charge is 0.280 e. The van der Waals surface area contributed by atoms with Crippen LogP contribution in [0, 0.1) is 0 Å². The van der Waals surface area contributed by atoms with Gasteiger partial charge in [0.15, 0.2) is 0 Å². The molecule has 7 nitrogen and oxygen atoms in total. The molecule has 3 aromatic heterocycles. The number of phenolic OH excluding ortho intramolecular Hbond substituents is 1. The molecule has 0 bridgehead atoms. The molecule has 23 heavy (non-hydrogen) atoms. The Morgan fingerprint density at radius 2 is 2.00 bits per heavy atom. The maximum absolute atomic E-state index is 12.6. The summed E-state index contributed by atoms with van der Waals surface area (Å²) in [6.45, 7) is 0. The van der Waals surface area contributed by atoms with Crippen LogP contribution in [-0.2, 0) is 0 Å². The average molecular weight is 308 g/mol. The fourth-order valence-corrected chi connectivity index (χ4v) is 2.55. The highest BCUT2D eigenvalue weighted by molar-refractivity contribution is 6.03. The molecule has 0 saturated carbocycles. The summed E-state index contributed by atoms with van der Waals surface area (Å²) < 4.78 is 6.43. The lowest BCUT2D eigenvalue weighted by molar-refractivity contribution is 0.397. The third-order valence-electron chi connectivity index (χ3n) is 3.70. The summed E-state index contributed by atoms with van der Waals surface area (Å²) in [5.74, 6) is 0.603. The first-order valence-corrected chi connectivity index (χ1v) is 6.90. The predicted molar refractivity (Wildman–Crippen MR) is 85.2 cm³/mol. The lowest BCUT2D eigenvalue weighted by Gasteiger charge is -2.02. The molecule has 0 spiro atoms. The van der Waals surface area contributed by atoms with Crippen molar-refractivity contribution >= 4 is 21.8 Å². The molecule has 0 aliphatic carbocycles. The van der Waals surface area contributed by atoms with Gasteiger partial charge in [0, 0.05) is 23.7 Å². The molecule has 3 heterocycles. The first-order valence-electron chi connectivity index (χ1n) is 6.90. The average Bonchev–Trinajstić information content (AvgIpc) is 2.92. The lowest BCUT2D eigenvalue weighted by Crippen LogP contribution is -2.14. The van der Waals surface area contributed by atoms with Crippen LogP contribution in [0.2, 0.25) is 0 Å². The van der Waals surface area contributed by atoms with E-state index < -0.39 is 0 Å². The van der Waals surface area contributed by atoms with Gasteiger partial charge in [-0.3, -0.25) is 14.9 Å². The Morgan fingerprint density at radius 3 is 2.74 bits per heavy atom. The van der Waals surface area contributed by atoms with Crippen molar-refractivity contribution in [3.63, 3.8) is 0 Å². The van der Waals surface area contributed by atoms with Crippen LogP contribution in [0.3, 0.4) is 0 Å². The van der Waals surface area contributed by atoms with Crippen LogP contribution >= 0.6 is 0 Å². The van der Waals surface area contributed by atoms with Crippen molar-refractivity contribution in [2.45, 2.75) is 0 Å². The summed E-state index contributed by atoms with van der Waals surface area (Å²) in [5, 5.41) is 13.9. The zero-order chi connectivity index (χ0) is 16.0. The van der Waals surface area contributed by atoms with E-state index in [9.17, 15) is 9.90 Å². The number of nitrogens with zero attached hydrogens (tertiary/aromatic N) is 3. The first kappa shape index (κ1) is 13.3. The van der Waals surface area contributed by atoms with Gasteiger partial charge in [0.1, 0.15) is 5.75 Å². The topological polar surface area (TPSA) is 93.0 Å². The summed E-state index contributed by atoms with van der Waals surface area (Å²) >= 11 is 0. The number of nitrogens with one attached hydrogen (secondary N) is 1. The van der Waals surface area contributed by atoms with Crippen LogP contribution in [0.4, 0.5) is 0 Å². The summed E-state index contributed by atoms with van der Waals surface area (Å²) in [5.41, 5.74) is 1.66. The number of benzene rings is 1. The largest absolute Gasteiger partial charge is 0.508 e. The number of aromatic amines is 1. The third kappa shape index (κ3) is 2.02. The Bertz CT molecular complexity index is 1080. The molecule has 0 aliphatic rings. The van der Waals surface area contributed by atoms with E-state index in [4.69, 9.17) is 4.74 Å². The molecule has 0 radical (unpaired) electrons. The van der Waals surface area contributed by atoms with Gasteiger partial charge in [0.25, 0.3) is 5.56 Å². The number of hydrogen-bond acceptors (Lipinski definition) is 5. The van der Waals surface area contributed by atoms with E-state index in [2.05, 4.69) is 15.1 Å². The first-order chi connectivity index (χ1) is 11.2. The lowest BCUT2D eigenvalue weighted by atomic mass is 10.1. The van der Waals surface area contributed by atoms with Crippen LogP contribution in [-0.4, -0.2) is 32.0 Å². The van der Waals surface area contributed by atoms with Crippen molar-refractivity contribution in [1.29, 1.82) is 0 Å². The number of H-pyrrole nitrogens is 1. The third-order valence-corrected chi connectivity index (χ3v) is 3.70. The van der Waals surface area contributed by atoms with Crippen molar-refractivity contribution in [2.24, 2.45) is 0 Å². The van der Waals surface area contributed by atoms with Gasteiger partial charge in [-0.05, 0) is 18.2 Å². The Labute approximate surface area is 129 Å². The second kappa shape index (κ2) is 4.84. The van der Waals surface area contributed by atoms with E-state index in [1.165, 1.54) is 18.0 Å². The van der Waals surface area contributed by atoms with Gasteiger partial charge in [-0.2, -0.15) is 0 Å². The van der Waals surface area contributed by atoms with Crippen molar-refractivity contribution in [3.05, 3.63) is 53.1 Å². The molecule has 4 rings (SSSR count). The molecule has 0 saturated heterocycles. The van der Waals surface area contributed by atoms with Crippen molar-refractivity contribution in [3.8, 4) is 17.3 Å². The number of aromatic hydroxyl groups is 1. The highest BCUT2D eigenvalue weighted by Crippen LogP contribution is 2.24. The Kier molecular flexibility index (Phi) is 2.80. The van der Waals surface area contributed by atoms with E-state index in [-0.39, 0.29) is 11.3 Å². The molecule has 114 valence electrons. The van der Waals surface area contributed by atoms with Gasteiger partial charge < -0.3 is 9.84 Å². The molecule has 0 amide bonds. The zero-order valence-electron chi connectivity index (χ0n) is 12.1. The number of ether oxygens (including phenoxy) is 1. The standard InChI is InChI=1S/C16H12N4O3/c1-23-14-5-2-9(7-18-14)20-16(22)12-8-17-13-6-10(21)3-4-11(13)15(12)19-20/h2-8,19,21H,1H3. The van der Waals surface area contributed by atoms with Gasteiger partial charge in [-0.15, -0.1) is 0 Å². The fraction of sp³-hybridized carbons (Fsp3) is 0.0625. The molecule has 0 unspecified atom stereocenters. The van der Waals surface area contributed by atoms with Gasteiger partial charge >= 0.3 is 0 Å². The molecule has 7 heteroatoms. The normalized spacial score (nSPS) is 11.2. The molecule has 2 N–H and O–H groups in total. The molecular weight excluding hydrogens is 296 g/mol. The van der Waals surface area contributed by atoms with Crippen LogP contribution in [0.25, 0.3) is 27.5 Å². The van der Waals surface area contributed by atoms with Gasteiger partial charge in [-0.1, -0.05) is 0 Å². The molecular formula is C16H12N4O3. The molecule has 0 aliphatic heterocycles. The van der Waals surface area contributed by atoms with E-state index in [0.29, 0.717) is 28.0 Å². The molecule has 0 fully saturated rings. The number of hydrogen-bond donors (Lipinski definition) is 2. The van der Waals surface area contributed by atoms with E-state index in [0.717, 1.165) is 5.39 Å². The minimum Gasteiger partial charge on any atom is -0.508 e. The van der Waals surface area contributed by atoms with Crippen LogP contribution in [0.1, 0.15) is 0 Å². The number of pyridine rings is 2. The number of aromatic nitrogens is 4. The Hall–Kier alpha value is -3.35. The summed E-state index contributed by atoms with van der Waals surface area (Å²) in [6.07, 6.45) is 3.06. The second-order valence-corrected chi connectivity index (χ2v) is 5.06. The Morgan fingerprint density at radius 1 is 1.13 bits per heavy atom. The number of phenols is 1. The summed E-state index contributed by atoms with van der Waals surface area (Å²) in [7, 11) is 1.53. The fourth-order valence-electron chi connectivity index (χ4n) is 2.55. The molecule has 1 aromatic carbocycles. The molecule has 4 aromatic rings. The maximum atomic E-state index is 12.6. The van der Waals surface area contributed by atoms with E-state index >= 15 is 0 Å². The monoisotopic (exact) mass is 308 g/mol. The Balaban J connectivity index is 1.99. The van der Waals surface area contributed by atoms with Crippen LogP contribution in [0.15, 0.2) is 47.5 Å². The van der Waals surface area contributed by atoms with Crippen molar-refractivity contribution < 1.29 is 9.84 Å². The van der Waals surface area contributed by atoms with Crippen molar-refractivity contribution in [1.82, 2.24) is 19.7 Å². The van der Waals surface area contributed by atoms with Gasteiger partial charge in [0.05, 0.1) is 35.4 Å².